The topological polar surface area (TPSA) is 63.1 Å². The lowest BCUT2D eigenvalue weighted by atomic mass is 10.2. The average molecular weight is 232 g/mol. The second-order valence-corrected chi connectivity index (χ2v) is 4.88. The van der Waals surface area contributed by atoms with E-state index in [-0.39, 0.29) is 6.42 Å². The van der Waals surface area contributed by atoms with Gasteiger partial charge in [-0.1, -0.05) is 18.2 Å². The molecule has 14 heavy (non-hydrogen) atoms. The van der Waals surface area contributed by atoms with Gasteiger partial charge in [0.05, 0.1) is 0 Å². The van der Waals surface area contributed by atoms with Crippen LogP contribution in [0.25, 0.3) is 0 Å². The van der Waals surface area contributed by atoms with Gasteiger partial charge in [0.25, 0.3) is 0 Å². The van der Waals surface area contributed by atoms with Gasteiger partial charge in [0.1, 0.15) is 6.33 Å². The predicted molar refractivity (Wildman–Crippen MR) is 56.7 cm³/mol. The van der Waals surface area contributed by atoms with E-state index in [2.05, 4.69) is 9.36 Å². The van der Waals surface area contributed by atoms with Crippen LogP contribution in [0.15, 0.2) is 10.7 Å². The third-order valence-electron chi connectivity index (χ3n) is 1.60. The minimum absolute atomic E-state index is 0.281. The smallest absolute Gasteiger partial charge is 0.303 e. The van der Waals surface area contributed by atoms with Crippen LogP contribution in [0.4, 0.5) is 0 Å². The number of carboxylic acids is 1. The van der Waals surface area contributed by atoms with Crippen molar-refractivity contribution in [3.8, 4) is 0 Å². The molecule has 0 saturated carbocycles. The zero-order valence-electron chi connectivity index (χ0n) is 7.68. The Bertz CT molecular complexity index is 264. The van der Waals surface area contributed by atoms with Crippen molar-refractivity contribution >= 4 is 29.3 Å². The van der Waals surface area contributed by atoms with Gasteiger partial charge in [-0.15, -0.1) is 0 Å². The summed E-state index contributed by atoms with van der Waals surface area (Å²) in [6.45, 7) is 0. The summed E-state index contributed by atoms with van der Waals surface area (Å²) in [5.41, 5.74) is 0. The predicted octanol–water partition coefficient (Wildman–Crippen LogP) is 2.28. The quantitative estimate of drug-likeness (QED) is 0.577. The minimum atomic E-state index is -0.707. The second-order valence-electron chi connectivity index (χ2n) is 2.76. The number of unbranched alkanes of at least 4 members (excludes halogenated alkanes) is 2. The number of rotatable bonds is 7. The van der Waals surface area contributed by atoms with Crippen LogP contribution in [0.1, 0.15) is 25.7 Å². The van der Waals surface area contributed by atoms with Crippen LogP contribution < -0.4 is 0 Å². The zero-order chi connectivity index (χ0) is 10.2. The average Bonchev–Trinajstić information content (AvgIpc) is 2.63. The summed E-state index contributed by atoms with van der Waals surface area (Å²) in [5.74, 6) is 0.288. The molecule has 0 amide bonds. The molecule has 0 aromatic carbocycles. The molecule has 1 aromatic rings. The summed E-state index contributed by atoms with van der Waals surface area (Å²) >= 11 is 3.08. The van der Waals surface area contributed by atoms with E-state index in [4.69, 9.17) is 5.11 Å². The summed E-state index contributed by atoms with van der Waals surface area (Å²) in [7, 11) is 0. The van der Waals surface area contributed by atoms with Gasteiger partial charge in [-0.05, 0) is 24.4 Å². The number of aliphatic carboxylic acids is 1. The van der Waals surface area contributed by atoms with Crippen molar-refractivity contribution in [2.45, 2.75) is 30.0 Å². The van der Waals surface area contributed by atoms with Crippen molar-refractivity contribution in [2.75, 3.05) is 5.75 Å². The van der Waals surface area contributed by atoms with Gasteiger partial charge in [-0.25, -0.2) is 4.98 Å². The number of nitrogens with zero attached hydrogens (tertiary/aromatic N) is 2. The molecular formula is C8H12N2O2S2. The molecule has 1 rings (SSSR count). The van der Waals surface area contributed by atoms with E-state index in [0.29, 0.717) is 0 Å². The third kappa shape index (κ3) is 5.18. The van der Waals surface area contributed by atoms with Crippen molar-refractivity contribution in [3.05, 3.63) is 6.33 Å². The molecule has 0 aliphatic rings. The van der Waals surface area contributed by atoms with Crippen LogP contribution in [0.3, 0.4) is 0 Å². The molecule has 1 aromatic heterocycles. The zero-order valence-corrected chi connectivity index (χ0v) is 9.31. The molecule has 0 bridgehead atoms. The molecule has 6 heteroatoms. The van der Waals surface area contributed by atoms with Crippen LogP contribution in [-0.4, -0.2) is 26.2 Å². The van der Waals surface area contributed by atoms with Crippen molar-refractivity contribution in [1.82, 2.24) is 9.36 Å². The molecule has 1 N–H and O–H groups in total. The number of aromatic nitrogens is 2. The van der Waals surface area contributed by atoms with Crippen LogP contribution in [0.2, 0.25) is 0 Å². The van der Waals surface area contributed by atoms with E-state index in [0.717, 1.165) is 29.4 Å². The molecular weight excluding hydrogens is 220 g/mol. The molecule has 1 heterocycles. The summed E-state index contributed by atoms with van der Waals surface area (Å²) in [4.78, 5) is 14.2. The van der Waals surface area contributed by atoms with Crippen LogP contribution in [0, 0.1) is 0 Å². The fourth-order valence-electron chi connectivity index (χ4n) is 0.941. The Morgan fingerprint density at radius 3 is 3.00 bits per heavy atom. The highest BCUT2D eigenvalue weighted by molar-refractivity contribution is 8.00. The molecule has 4 nitrogen and oxygen atoms in total. The molecule has 0 atom stereocenters. The molecule has 0 aliphatic carbocycles. The van der Waals surface area contributed by atoms with Crippen molar-refractivity contribution in [3.63, 3.8) is 0 Å². The van der Waals surface area contributed by atoms with E-state index < -0.39 is 5.97 Å². The van der Waals surface area contributed by atoms with Gasteiger partial charge in [0.15, 0.2) is 4.34 Å². The van der Waals surface area contributed by atoms with Crippen molar-refractivity contribution in [2.24, 2.45) is 0 Å². The maximum atomic E-state index is 10.2. The van der Waals surface area contributed by atoms with Gasteiger partial charge in [0.2, 0.25) is 0 Å². The largest absolute Gasteiger partial charge is 0.481 e. The van der Waals surface area contributed by atoms with Crippen LogP contribution in [0.5, 0.6) is 0 Å². The van der Waals surface area contributed by atoms with E-state index in [1.54, 1.807) is 18.1 Å². The number of carboxylic acid groups (broad SMARTS) is 1. The highest BCUT2D eigenvalue weighted by atomic mass is 32.2. The second kappa shape index (κ2) is 6.78. The molecule has 0 radical (unpaired) electrons. The summed E-state index contributed by atoms with van der Waals surface area (Å²) < 4.78 is 4.88. The summed E-state index contributed by atoms with van der Waals surface area (Å²) in [6.07, 6.45) is 4.61. The normalized spacial score (nSPS) is 10.3. The molecule has 0 fully saturated rings. The maximum Gasteiger partial charge on any atom is 0.303 e. The van der Waals surface area contributed by atoms with Crippen LogP contribution >= 0.6 is 23.3 Å². The maximum absolute atomic E-state index is 10.2. The Morgan fingerprint density at radius 1 is 1.50 bits per heavy atom. The lowest BCUT2D eigenvalue weighted by molar-refractivity contribution is -0.137. The molecule has 0 spiro atoms. The standard InChI is InChI=1S/C8H12N2O2S2/c11-7(12)4-2-1-3-5-13-8-9-6-10-14-8/h6H,1-5H2,(H,11,12). The van der Waals surface area contributed by atoms with Gasteiger partial charge in [0, 0.05) is 12.2 Å². The molecule has 78 valence electrons. The first-order valence-electron chi connectivity index (χ1n) is 4.40. The Morgan fingerprint density at radius 2 is 2.36 bits per heavy atom. The first-order valence-corrected chi connectivity index (χ1v) is 6.16. The van der Waals surface area contributed by atoms with Gasteiger partial charge < -0.3 is 5.11 Å². The first-order chi connectivity index (χ1) is 6.79. The Balaban J connectivity index is 1.92. The summed E-state index contributed by atoms with van der Waals surface area (Å²) in [6, 6.07) is 0. The highest BCUT2D eigenvalue weighted by Gasteiger charge is 1.98. The fourth-order valence-corrected chi connectivity index (χ4v) is 2.45. The van der Waals surface area contributed by atoms with Gasteiger partial charge in [-0.3, -0.25) is 4.79 Å². The number of hydrogen-bond donors (Lipinski definition) is 1. The number of carbonyl (C=O) groups is 1. The van der Waals surface area contributed by atoms with E-state index >= 15 is 0 Å². The lowest BCUT2D eigenvalue weighted by Crippen LogP contribution is -1.93. The third-order valence-corrected chi connectivity index (χ3v) is 3.49. The minimum Gasteiger partial charge on any atom is -0.481 e. The number of thioether (sulfide) groups is 1. The van der Waals surface area contributed by atoms with Gasteiger partial charge >= 0.3 is 5.97 Å². The van der Waals surface area contributed by atoms with Crippen molar-refractivity contribution in [1.29, 1.82) is 0 Å². The molecule has 0 aliphatic heterocycles. The number of hydrogen-bond acceptors (Lipinski definition) is 5. The Labute approximate surface area is 90.9 Å². The van der Waals surface area contributed by atoms with E-state index in [9.17, 15) is 4.79 Å². The summed E-state index contributed by atoms with van der Waals surface area (Å²) in [5, 5.41) is 8.40. The van der Waals surface area contributed by atoms with Gasteiger partial charge in [-0.2, -0.15) is 4.37 Å². The molecule has 0 unspecified atom stereocenters. The molecule has 0 saturated heterocycles. The fraction of sp³-hybridized carbons (Fsp3) is 0.625. The van der Waals surface area contributed by atoms with Crippen LogP contribution in [-0.2, 0) is 4.79 Å². The first kappa shape index (κ1) is 11.5. The SMILES string of the molecule is O=C(O)CCCCCSc1ncns1. The van der Waals surface area contributed by atoms with E-state index in [1.807, 2.05) is 0 Å². The lowest BCUT2D eigenvalue weighted by Gasteiger charge is -1.96. The Hall–Kier alpha value is -0.620. The van der Waals surface area contributed by atoms with E-state index in [1.165, 1.54) is 11.5 Å². The van der Waals surface area contributed by atoms with Crippen molar-refractivity contribution < 1.29 is 9.90 Å². The monoisotopic (exact) mass is 232 g/mol. The highest BCUT2D eigenvalue weighted by Crippen LogP contribution is 2.19. The Kier molecular flexibility index (Phi) is 5.55.